The van der Waals surface area contributed by atoms with Crippen LogP contribution in [-0.2, 0) is 9.53 Å². The molecule has 136 valence electrons. The molecular weight excluding hydrogens is 324 g/mol. The number of nitrogens with zero attached hydrogens (tertiary/aromatic N) is 6. The maximum Gasteiger partial charge on any atom is 0.410 e. The Balaban J connectivity index is 1.58. The summed E-state index contributed by atoms with van der Waals surface area (Å²) in [7, 11) is 3.90. The van der Waals surface area contributed by atoms with E-state index in [9.17, 15) is 9.59 Å². The van der Waals surface area contributed by atoms with Crippen molar-refractivity contribution in [1.82, 2.24) is 19.8 Å². The van der Waals surface area contributed by atoms with Gasteiger partial charge in [-0.15, -0.1) is 0 Å². The molecule has 1 aromatic heterocycles. The van der Waals surface area contributed by atoms with E-state index in [0.29, 0.717) is 45.3 Å². The molecule has 0 bridgehead atoms. The van der Waals surface area contributed by atoms with Crippen molar-refractivity contribution < 1.29 is 14.3 Å². The number of carbonyl (C=O) groups excluding carboxylic acids is 2. The van der Waals surface area contributed by atoms with Crippen molar-refractivity contribution in [2.75, 3.05) is 69.8 Å². The number of anilines is 2. The standard InChI is InChI=1S/C16H24N6O3/c1-12-10-13(19(2)3)18-15(17-12)21-6-4-20(5-7-21)14(23)11-22-8-9-25-16(22)24/h10H,4-9,11H2,1-3H3. The van der Waals surface area contributed by atoms with Gasteiger partial charge in [0.15, 0.2) is 0 Å². The lowest BCUT2D eigenvalue weighted by Gasteiger charge is -2.35. The third-order valence-electron chi connectivity index (χ3n) is 4.37. The van der Waals surface area contributed by atoms with Crippen molar-refractivity contribution in [1.29, 1.82) is 0 Å². The quantitative estimate of drug-likeness (QED) is 0.754. The van der Waals surface area contributed by atoms with Crippen LogP contribution in [0.5, 0.6) is 0 Å². The molecule has 0 atom stereocenters. The van der Waals surface area contributed by atoms with E-state index < -0.39 is 6.09 Å². The molecule has 2 aliphatic heterocycles. The van der Waals surface area contributed by atoms with Gasteiger partial charge in [-0.3, -0.25) is 9.69 Å². The summed E-state index contributed by atoms with van der Waals surface area (Å²) >= 11 is 0. The molecule has 2 amide bonds. The van der Waals surface area contributed by atoms with Crippen molar-refractivity contribution in [3.8, 4) is 0 Å². The van der Waals surface area contributed by atoms with E-state index in [1.165, 1.54) is 4.90 Å². The molecular formula is C16H24N6O3. The number of amides is 2. The molecule has 0 radical (unpaired) electrons. The van der Waals surface area contributed by atoms with Gasteiger partial charge in [0.25, 0.3) is 0 Å². The highest BCUT2D eigenvalue weighted by atomic mass is 16.6. The fourth-order valence-corrected chi connectivity index (χ4v) is 2.90. The summed E-state index contributed by atoms with van der Waals surface area (Å²) in [5.41, 5.74) is 0.916. The summed E-state index contributed by atoms with van der Waals surface area (Å²) in [5, 5.41) is 0. The number of hydrogen-bond acceptors (Lipinski definition) is 7. The van der Waals surface area contributed by atoms with Crippen LogP contribution in [0.15, 0.2) is 6.07 Å². The van der Waals surface area contributed by atoms with E-state index in [2.05, 4.69) is 14.9 Å². The number of ether oxygens (including phenoxy) is 1. The smallest absolute Gasteiger partial charge is 0.410 e. The highest BCUT2D eigenvalue weighted by Gasteiger charge is 2.28. The Morgan fingerprint density at radius 1 is 1.20 bits per heavy atom. The van der Waals surface area contributed by atoms with E-state index in [4.69, 9.17) is 4.74 Å². The summed E-state index contributed by atoms with van der Waals surface area (Å²) < 4.78 is 4.86. The van der Waals surface area contributed by atoms with Crippen molar-refractivity contribution in [3.63, 3.8) is 0 Å². The number of rotatable bonds is 4. The average Bonchev–Trinajstić information content (AvgIpc) is 2.99. The molecule has 0 unspecified atom stereocenters. The molecule has 9 heteroatoms. The zero-order valence-corrected chi connectivity index (χ0v) is 14.9. The first-order chi connectivity index (χ1) is 11.9. The van der Waals surface area contributed by atoms with E-state index >= 15 is 0 Å². The molecule has 9 nitrogen and oxygen atoms in total. The van der Waals surface area contributed by atoms with Gasteiger partial charge in [-0.05, 0) is 6.92 Å². The van der Waals surface area contributed by atoms with Gasteiger partial charge >= 0.3 is 6.09 Å². The first-order valence-corrected chi connectivity index (χ1v) is 8.41. The Morgan fingerprint density at radius 3 is 2.52 bits per heavy atom. The van der Waals surface area contributed by atoms with Crippen LogP contribution in [0.2, 0.25) is 0 Å². The van der Waals surface area contributed by atoms with Gasteiger partial charge in [0, 0.05) is 52.0 Å². The zero-order valence-electron chi connectivity index (χ0n) is 14.9. The minimum absolute atomic E-state index is 0.0439. The van der Waals surface area contributed by atoms with E-state index in [-0.39, 0.29) is 12.5 Å². The van der Waals surface area contributed by atoms with Crippen LogP contribution in [-0.4, -0.2) is 91.7 Å². The van der Waals surface area contributed by atoms with Gasteiger partial charge in [0.1, 0.15) is 19.0 Å². The summed E-state index contributed by atoms with van der Waals surface area (Å²) in [6.07, 6.45) is -0.406. The monoisotopic (exact) mass is 348 g/mol. The number of aryl methyl sites for hydroxylation is 1. The van der Waals surface area contributed by atoms with Gasteiger partial charge in [0.05, 0.1) is 6.54 Å². The third-order valence-corrected chi connectivity index (χ3v) is 4.37. The largest absolute Gasteiger partial charge is 0.448 e. The van der Waals surface area contributed by atoms with Crippen LogP contribution >= 0.6 is 0 Å². The molecule has 0 aromatic carbocycles. The lowest BCUT2D eigenvalue weighted by atomic mass is 10.3. The minimum atomic E-state index is -0.406. The molecule has 0 spiro atoms. The third kappa shape index (κ3) is 3.92. The van der Waals surface area contributed by atoms with E-state index in [1.54, 1.807) is 4.90 Å². The molecule has 2 aliphatic rings. The first kappa shape index (κ1) is 17.2. The molecule has 0 saturated carbocycles. The highest BCUT2D eigenvalue weighted by molar-refractivity contribution is 5.83. The maximum absolute atomic E-state index is 12.4. The van der Waals surface area contributed by atoms with Gasteiger partial charge < -0.3 is 19.4 Å². The number of carbonyl (C=O) groups is 2. The lowest BCUT2D eigenvalue weighted by molar-refractivity contribution is -0.132. The molecule has 2 fully saturated rings. The van der Waals surface area contributed by atoms with Crippen LogP contribution < -0.4 is 9.80 Å². The van der Waals surface area contributed by atoms with E-state index in [0.717, 1.165) is 11.5 Å². The Bertz CT molecular complexity index is 657. The fourth-order valence-electron chi connectivity index (χ4n) is 2.90. The van der Waals surface area contributed by atoms with Gasteiger partial charge in [-0.2, -0.15) is 4.98 Å². The van der Waals surface area contributed by atoms with Gasteiger partial charge in [0.2, 0.25) is 11.9 Å². The van der Waals surface area contributed by atoms with Crippen LogP contribution in [0, 0.1) is 6.92 Å². The van der Waals surface area contributed by atoms with Crippen molar-refractivity contribution >= 4 is 23.8 Å². The lowest BCUT2D eigenvalue weighted by Crippen LogP contribution is -2.51. The van der Waals surface area contributed by atoms with E-state index in [1.807, 2.05) is 32.0 Å². The number of piperazine rings is 1. The normalized spacial score (nSPS) is 17.7. The minimum Gasteiger partial charge on any atom is -0.448 e. The summed E-state index contributed by atoms with van der Waals surface area (Å²) in [6, 6.07) is 1.94. The second-order valence-electron chi connectivity index (χ2n) is 6.47. The Hall–Kier alpha value is -2.58. The molecule has 0 N–H and O–H groups in total. The van der Waals surface area contributed by atoms with Crippen molar-refractivity contribution in [2.45, 2.75) is 6.92 Å². The predicted molar refractivity (Wildman–Crippen MR) is 92.8 cm³/mol. The van der Waals surface area contributed by atoms with Crippen LogP contribution in [0.25, 0.3) is 0 Å². The molecule has 1 aromatic rings. The van der Waals surface area contributed by atoms with Gasteiger partial charge in [-0.1, -0.05) is 0 Å². The van der Waals surface area contributed by atoms with Crippen LogP contribution in [0.1, 0.15) is 5.69 Å². The Kier molecular flexibility index (Phi) is 4.91. The van der Waals surface area contributed by atoms with Crippen LogP contribution in [0.4, 0.5) is 16.6 Å². The number of cyclic esters (lactones) is 1. The maximum atomic E-state index is 12.4. The van der Waals surface area contributed by atoms with Crippen LogP contribution in [0.3, 0.4) is 0 Å². The van der Waals surface area contributed by atoms with Gasteiger partial charge in [-0.25, -0.2) is 9.78 Å². The molecule has 25 heavy (non-hydrogen) atoms. The Morgan fingerprint density at radius 2 is 1.92 bits per heavy atom. The topological polar surface area (TPSA) is 82.1 Å². The van der Waals surface area contributed by atoms with Crippen molar-refractivity contribution in [2.24, 2.45) is 0 Å². The highest BCUT2D eigenvalue weighted by Crippen LogP contribution is 2.17. The summed E-state index contributed by atoms with van der Waals surface area (Å²) in [5.74, 6) is 1.52. The molecule has 2 saturated heterocycles. The second-order valence-corrected chi connectivity index (χ2v) is 6.47. The summed E-state index contributed by atoms with van der Waals surface area (Å²) in [4.78, 5) is 40.2. The number of hydrogen-bond donors (Lipinski definition) is 0. The summed E-state index contributed by atoms with van der Waals surface area (Å²) in [6.45, 7) is 5.41. The number of aromatic nitrogens is 2. The first-order valence-electron chi connectivity index (χ1n) is 8.41. The molecule has 0 aliphatic carbocycles. The predicted octanol–water partition coefficient (Wildman–Crippen LogP) is -0.0482. The molecule has 3 rings (SSSR count). The zero-order chi connectivity index (χ0) is 18.0. The Labute approximate surface area is 147 Å². The SMILES string of the molecule is Cc1cc(N(C)C)nc(N2CCN(C(=O)CN3CCOC3=O)CC2)n1. The fraction of sp³-hybridized carbons (Fsp3) is 0.625. The van der Waals surface area contributed by atoms with Crippen molar-refractivity contribution in [3.05, 3.63) is 11.8 Å². The second kappa shape index (κ2) is 7.12. The molecule has 3 heterocycles. The average molecular weight is 348 g/mol.